The minimum Gasteiger partial charge on any atom is -0.508 e. The molecule has 1 saturated carbocycles. The van der Waals surface area contributed by atoms with Crippen molar-refractivity contribution in [3.05, 3.63) is 59.2 Å². The number of hydrogen-bond acceptors (Lipinski definition) is 4. The first-order valence-corrected chi connectivity index (χ1v) is 9.59. The summed E-state index contributed by atoms with van der Waals surface area (Å²) in [4.78, 5) is 12.6. The van der Waals surface area contributed by atoms with Gasteiger partial charge in [0.15, 0.2) is 0 Å². The topological polar surface area (TPSA) is 78.8 Å². The molecule has 0 saturated heterocycles. The Morgan fingerprint density at radius 2 is 1.96 bits per heavy atom. The maximum atomic E-state index is 12.6. The molecule has 1 atom stereocenters. The summed E-state index contributed by atoms with van der Waals surface area (Å²) < 4.78 is 5.58. The molecule has 1 amide bonds. The molecule has 0 radical (unpaired) electrons. The molecule has 1 aliphatic heterocycles. The number of rotatable bonds is 6. The van der Waals surface area contributed by atoms with Gasteiger partial charge in [-0.3, -0.25) is 4.79 Å². The van der Waals surface area contributed by atoms with Gasteiger partial charge in [-0.15, -0.1) is 0 Å². The smallest absolute Gasteiger partial charge is 0.220 e. The fourth-order valence-corrected chi connectivity index (χ4v) is 3.94. The van der Waals surface area contributed by atoms with Crippen molar-refractivity contribution in [2.45, 2.75) is 44.2 Å². The van der Waals surface area contributed by atoms with Gasteiger partial charge in [0.2, 0.25) is 5.91 Å². The van der Waals surface area contributed by atoms with Gasteiger partial charge in [-0.1, -0.05) is 18.2 Å². The van der Waals surface area contributed by atoms with E-state index in [1.54, 1.807) is 12.1 Å². The molecule has 0 aromatic heterocycles. The van der Waals surface area contributed by atoms with Crippen LogP contribution in [0.1, 0.15) is 42.0 Å². The van der Waals surface area contributed by atoms with E-state index in [4.69, 9.17) is 4.74 Å². The molecular formula is C22H25NO4. The first-order valence-electron chi connectivity index (χ1n) is 9.59. The van der Waals surface area contributed by atoms with E-state index in [0.717, 1.165) is 36.1 Å². The number of aliphatic hydroxyl groups is 1. The Balaban J connectivity index is 1.43. The van der Waals surface area contributed by atoms with E-state index in [2.05, 4.69) is 11.4 Å². The molecule has 5 heteroatoms. The molecule has 1 aliphatic carbocycles. The summed E-state index contributed by atoms with van der Waals surface area (Å²) in [5, 5.41) is 22.3. The van der Waals surface area contributed by atoms with Crippen LogP contribution in [0, 0.1) is 5.92 Å². The Morgan fingerprint density at radius 3 is 2.70 bits per heavy atom. The molecule has 5 nitrogen and oxygen atoms in total. The predicted octanol–water partition coefficient (Wildman–Crippen LogP) is 2.89. The zero-order valence-corrected chi connectivity index (χ0v) is 15.2. The standard InChI is InChI=1S/C22H25NO4/c24-18-5-1-14(2-6-18)3-8-21(26)23-22(17-12-19(25)13-17)16-4-7-20-15(11-16)9-10-27-20/h1-2,4-7,11,17,19,22,24-25H,3,8-10,12-13H2,(H,23,26)/t17?,19?,22-/m1/s1. The molecule has 2 aromatic carbocycles. The summed E-state index contributed by atoms with van der Waals surface area (Å²) in [7, 11) is 0. The Bertz CT molecular complexity index is 812. The summed E-state index contributed by atoms with van der Waals surface area (Å²) in [6.45, 7) is 0.713. The molecule has 4 rings (SSSR count). The third-order valence-corrected chi connectivity index (χ3v) is 5.59. The number of carbonyl (C=O) groups excluding carboxylic acids is 1. The van der Waals surface area contributed by atoms with E-state index in [-0.39, 0.29) is 29.7 Å². The van der Waals surface area contributed by atoms with E-state index in [1.165, 1.54) is 5.56 Å². The van der Waals surface area contributed by atoms with Crippen molar-refractivity contribution >= 4 is 5.91 Å². The monoisotopic (exact) mass is 367 g/mol. The number of carbonyl (C=O) groups is 1. The second kappa shape index (κ2) is 7.61. The third kappa shape index (κ3) is 4.08. The van der Waals surface area contributed by atoms with Crippen LogP contribution in [-0.2, 0) is 17.6 Å². The van der Waals surface area contributed by atoms with Gasteiger partial charge in [-0.25, -0.2) is 0 Å². The lowest BCUT2D eigenvalue weighted by Gasteiger charge is -2.38. The van der Waals surface area contributed by atoms with Crippen LogP contribution >= 0.6 is 0 Å². The predicted molar refractivity (Wildman–Crippen MR) is 102 cm³/mol. The highest BCUT2D eigenvalue weighted by Crippen LogP contribution is 2.39. The number of phenols is 1. The number of nitrogens with one attached hydrogen (secondary N) is 1. The average molecular weight is 367 g/mol. The fourth-order valence-electron chi connectivity index (χ4n) is 3.94. The molecule has 142 valence electrons. The molecular weight excluding hydrogens is 342 g/mol. The van der Waals surface area contributed by atoms with E-state index in [9.17, 15) is 15.0 Å². The van der Waals surface area contributed by atoms with Gasteiger partial charge in [0.05, 0.1) is 18.8 Å². The van der Waals surface area contributed by atoms with Crippen molar-refractivity contribution in [1.29, 1.82) is 0 Å². The second-order valence-corrected chi connectivity index (χ2v) is 7.56. The largest absolute Gasteiger partial charge is 0.508 e. The van der Waals surface area contributed by atoms with Gasteiger partial charge in [0, 0.05) is 12.8 Å². The zero-order chi connectivity index (χ0) is 18.8. The number of amides is 1. The van der Waals surface area contributed by atoms with Crippen LogP contribution < -0.4 is 10.1 Å². The molecule has 2 aliphatic rings. The van der Waals surface area contributed by atoms with Gasteiger partial charge in [0.1, 0.15) is 11.5 Å². The van der Waals surface area contributed by atoms with Gasteiger partial charge in [-0.2, -0.15) is 0 Å². The van der Waals surface area contributed by atoms with Gasteiger partial charge < -0.3 is 20.3 Å². The number of ether oxygens (including phenoxy) is 1. The van der Waals surface area contributed by atoms with E-state index >= 15 is 0 Å². The minimum atomic E-state index is -0.260. The maximum Gasteiger partial charge on any atom is 0.220 e. The number of aryl methyl sites for hydroxylation is 1. The summed E-state index contributed by atoms with van der Waals surface area (Å²) in [5.41, 5.74) is 3.30. The van der Waals surface area contributed by atoms with Crippen molar-refractivity contribution in [2.75, 3.05) is 6.61 Å². The Morgan fingerprint density at radius 1 is 1.19 bits per heavy atom. The van der Waals surface area contributed by atoms with E-state index < -0.39 is 0 Å². The molecule has 2 aromatic rings. The van der Waals surface area contributed by atoms with Gasteiger partial charge in [0.25, 0.3) is 0 Å². The van der Waals surface area contributed by atoms with Gasteiger partial charge >= 0.3 is 0 Å². The highest BCUT2D eigenvalue weighted by Gasteiger charge is 2.36. The van der Waals surface area contributed by atoms with Crippen molar-refractivity contribution in [1.82, 2.24) is 5.32 Å². The molecule has 1 fully saturated rings. The lowest BCUT2D eigenvalue weighted by Crippen LogP contribution is -2.41. The Labute approximate surface area is 159 Å². The number of aromatic hydroxyl groups is 1. The lowest BCUT2D eigenvalue weighted by atomic mass is 9.74. The van der Waals surface area contributed by atoms with Crippen molar-refractivity contribution < 1.29 is 19.7 Å². The Hall–Kier alpha value is -2.53. The first kappa shape index (κ1) is 17.9. The van der Waals surface area contributed by atoms with E-state index in [1.807, 2.05) is 24.3 Å². The molecule has 0 unspecified atom stereocenters. The van der Waals surface area contributed by atoms with Crippen molar-refractivity contribution in [3.63, 3.8) is 0 Å². The molecule has 1 heterocycles. The summed E-state index contributed by atoms with van der Waals surface area (Å²) in [6, 6.07) is 13.0. The van der Waals surface area contributed by atoms with Crippen LogP contribution in [-0.4, -0.2) is 28.8 Å². The number of phenolic OH excluding ortho intramolecular Hbond substituents is 1. The molecule has 0 bridgehead atoms. The van der Waals surface area contributed by atoms with Crippen LogP contribution in [0.2, 0.25) is 0 Å². The zero-order valence-electron chi connectivity index (χ0n) is 15.2. The fraction of sp³-hybridized carbons (Fsp3) is 0.409. The highest BCUT2D eigenvalue weighted by atomic mass is 16.5. The number of aliphatic hydroxyl groups excluding tert-OH is 1. The quantitative estimate of drug-likeness (QED) is 0.734. The maximum absolute atomic E-state index is 12.6. The number of benzene rings is 2. The van der Waals surface area contributed by atoms with Gasteiger partial charge in [-0.05, 0) is 66.1 Å². The van der Waals surface area contributed by atoms with Crippen molar-refractivity contribution in [2.24, 2.45) is 5.92 Å². The Kier molecular flexibility index (Phi) is 5.03. The summed E-state index contributed by atoms with van der Waals surface area (Å²) in [6.07, 6.45) is 3.10. The van der Waals surface area contributed by atoms with Crippen LogP contribution in [0.4, 0.5) is 0 Å². The van der Waals surface area contributed by atoms with Crippen LogP contribution in [0.5, 0.6) is 11.5 Å². The summed E-state index contributed by atoms with van der Waals surface area (Å²) >= 11 is 0. The van der Waals surface area contributed by atoms with E-state index in [0.29, 0.717) is 19.4 Å². The second-order valence-electron chi connectivity index (χ2n) is 7.56. The van der Waals surface area contributed by atoms with Crippen LogP contribution in [0.25, 0.3) is 0 Å². The summed E-state index contributed by atoms with van der Waals surface area (Å²) in [5.74, 6) is 1.43. The number of hydrogen-bond donors (Lipinski definition) is 3. The molecule has 0 spiro atoms. The SMILES string of the molecule is O=C(CCc1ccc(O)cc1)N[C@H](c1ccc2c(c1)CCO2)C1CC(O)C1. The number of fused-ring (bicyclic) bond motifs is 1. The molecule has 27 heavy (non-hydrogen) atoms. The third-order valence-electron chi connectivity index (χ3n) is 5.59. The average Bonchev–Trinajstić information content (AvgIpc) is 3.11. The van der Waals surface area contributed by atoms with Crippen LogP contribution in [0.3, 0.4) is 0 Å². The minimum absolute atomic E-state index is 0.00575. The first-order chi connectivity index (χ1) is 13.1. The van der Waals surface area contributed by atoms with Crippen LogP contribution in [0.15, 0.2) is 42.5 Å². The van der Waals surface area contributed by atoms with Crippen molar-refractivity contribution in [3.8, 4) is 11.5 Å². The molecule has 3 N–H and O–H groups in total. The lowest BCUT2D eigenvalue weighted by molar-refractivity contribution is -0.123. The highest BCUT2D eigenvalue weighted by molar-refractivity contribution is 5.76. The normalized spacial score (nSPS) is 21.7.